The van der Waals surface area contributed by atoms with Crippen molar-refractivity contribution >= 4 is 5.97 Å². The van der Waals surface area contributed by atoms with E-state index in [9.17, 15) is 9.90 Å². The van der Waals surface area contributed by atoms with E-state index in [1.54, 1.807) is 0 Å². The van der Waals surface area contributed by atoms with Crippen molar-refractivity contribution in [1.82, 2.24) is 0 Å². The number of carbonyl (C=O) groups excluding carboxylic acids is 1. The van der Waals surface area contributed by atoms with Gasteiger partial charge in [-0.25, -0.2) is 4.79 Å². The summed E-state index contributed by atoms with van der Waals surface area (Å²) in [5.74, 6) is -0.464. The molecule has 0 amide bonds. The normalized spacial score (nSPS) is 12.1. The summed E-state index contributed by atoms with van der Waals surface area (Å²) in [6.45, 7) is 5.66. The maximum atomic E-state index is 10.8. The van der Waals surface area contributed by atoms with Crippen molar-refractivity contribution in [2.24, 2.45) is 0 Å². The molecule has 1 N–H and O–H groups in total. The van der Waals surface area contributed by atoms with Crippen molar-refractivity contribution in [1.29, 1.82) is 0 Å². The van der Waals surface area contributed by atoms with E-state index in [1.165, 1.54) is 64.2 Å². The highest BCUT2D eigenvalue weighted by Gasteiger charge is 2.06. The molecule has 130 valence electrons. The molecule has 22 heavy (non-hydrogen) atoms. The summed E-state index contributed by atoms with van der Waals surface area (Å²) in [5.41, 5.74) is 0. The molecule has 0 bridgehead atoms. The summed E-state index contributed by atoms with van der Waals surface area (Å²) in [6, 6.07) is 0. The van der Waals surface area contributed by atoms with Gasteiger partial charge in [-0.1, -0.05) is 90.6 Å². The van der Waals surface area contributed by atoms with Crippen LogP contribution in [0.3, 0.4) is 0 Å². The standard InChI is InChI=1S/C19H36O3/c1-3-5-6-7-8-9-10-11-12-13-14-15-16-18(20)17-22-19(21)4-2/h4,18,20H,2-3,5-17H2,1H3. The molecule has 0 saturated heterocycles. The minimum absolute atomic E-state index is 0.0862. The Hall–Kier alpha value is -0.830. The molecule has 0 rings (SSSR count). The Morgan fingerprint density at radius 3 is 1.86 bits per heavy atom. The van der Waals surface area contributed by atoms with Gasteiger partial charge >= 0.3 is 5.97 Å². The zero-order valence-corrected chi connectivity index (χ0v) is 14.5. The predicted octanol–water partition coefficient (Wildman–Crippen LogP) is 5.17. The van der Waals surface area contributed by atoms with E-state index in [0.29, 0.717) is 6.42 Å². The van der Waals surface area contributed by atoms with Crippen LogP contribution in [0.4, 0.5) is 0 Å². The quantitative estimate of drug-likeness (QED) is 0.243. The molecule has 0 aliphatic carbocycles. The van der Waals surface area contributed by atoms with Crippen molar-refractivity contribution in [3.05, 3.63) is 12.7 Å². The summed E-state index contributed by atoms with van der Waals surface area (Å²) < 4.78 is 4.80. The van der Waals surface area contributed by atoms with Crippen LogP contribution in [-0.4, -0.2) is 23.8 Å². The number of unbranched alkanes of at least 4 members (excludes halogenated alkanes) is 11. The van der Waals surface area contributed by atoms with Gasteiger partial charge in [-0.2, -0.15) is 0 Å². The van der Waals surface area contributed by atoms with Crippen LogP contribution < -0.4 is 0 Å². The molecule has 3 nitrogen and oxygen atoms in total. The zero-order valence-electron chi connectivity index (χ0n) is 14.5. The number of ether oxygens (including phenoxy) is 1. The monoisotopic (exact) mass is 312 g/mol. The van der Waals surface area contributed by atoms with Gasteiger partial charge in [0.15, 0.2) is 0 Å². The lowest BCUT2D eigenvalue weighted by Gasteiger charge is -2.10. The van der Waals surface area contributed by atoms with Crippen molar-refractivity contribution in [3.8, 4) is 0 Å². The topological polar surface area (TPSA) is 46.5 Å². The molecule has 0 spiro atoms. The second-order valence-electron chi connectivity index (χ2n) is 6.17. The van der Waals surface area contributed by atoms with Crippen molar-refractivity contribution in [2.75, 3.05) is 6.61 Å². The number of rotatable bonds is 16. The van der Waals surface area contributed by atoms with Crippen LogP contribution in [-0.2, 0) is 9.53 Å². The first kappa shape index (κ1) is 21.2. The van der Waals surface area contributed by atoms with E-state index < -0.39 is 12.1 Å². The maximum absolute atomic E-state index is 10.8. The first-order valence-corrected chi connectivity index (χ1v) is 9.18. The van der Waals surface area contributed by atoms with E-state index in [1.807, 2.05) is 0 Å². The average molecular weight is 312 g/mol. The molecular formula is C19H36O3. The summed E-state index contributed by atoms with van der Waals surface area (Å²) >= 11 is 0. The Morgan fingerprint density at radius 1 is 0.955 bits per heavy atom. The number of aliphatic hydroxyl groups is 1. The van der Waals surface area contributed by atoms with Crippen molar-refractivity contribution in [3.63, 3.8) is 0 Å². The second kappa shape index (κ2) is 16.5. The van der Waals surface area contributed by atoms with E-state index >= 15 is 0 Å². The van der Waals surface area contributed by atoms with Gasteiger partial charge < -0.3 is 9.84 Å². The second-order valence-corrected chi connectivity index (χ2v) is 6.17. The third-order valence-corrected chi connectivity index (χ3v) is 3.98. The first-order chi connectivity index (χ1) is 10.7. The smallest absolute Gasteiger partial charge is 0.330 e. The highest BCUT2D eigenvalue weighted by Crippen LogP contribution is 2.13. The molecule has 0 heterocycles. The fourth-order valence-electron chi connectivity index (χ4n) is 2.54. The number of hydrogen-bond donors (Lipinski definition) is 1. The highest BCUT2D eigenvalue weighted by atomic mass is 16.5. The van der Waals surface area contributed by atoms with Gasteiger partial charge in [0, 0.05) is 6.08 Å². The largest absolute Gasteiger partial charge is 0.460 e. The Bertz CT molecular complexity index is 263. The van der Waals surface area contributed by atoms with E-state index in [-0.39, 0.29) is 6.61 Å². The van der Waals surface area contributed by atoms with Crippen LogP contribution in [0.1, 0.15) is 90.4 Å². The molecule has 3 heteroatoms. The molecule has 0 fully saturated rings. The number of esters is 1. The lowest BCUT2D eigenvalue weighted by Crippen LogP contribution is -2.17. The molecule has 0 aromatic heterocycles. The van der Waals surface area contributed by atoms with Gasteiger partial charge in [-0.3, -0.25) is 0 Å². The Morgan fingerprint density at radius 2 is 1.41 bits per heavy atom. The Balaban J connectivity index is 3.16. The third-order valence-electron chi connectivity index (χ3n) is 3.98. The molecular weight excluding hydrogens is 276 g/mol. The number of carbonyl (C=O) groups is 1. The van der Waals surface area contributed by atoms with Crippen LogP contribution in [0.15, 0.2) is 12.7 Å². The molecule has 0 saturated carbocycles. The van der Waals surface area contributed by atoms with Gasteiger partial charge in [0.1, 0.15) is 6.61 Å². The van der Waals surface area contributed by atoms with Crippen molar-refractivity contribution in [2.45, 2.75) is 96.5 Å². The third kappa shape index (κ3) is 15.6. The van der Waals surface area contributed by atoms with Crippen LogP contribution in [0.5, 0.6) is 0 Å². The summed E-state index contributed by atoms with van der Waals surface area (Å²) in [5, 5.41) is 9.64. The molecule has 0 aliphatic rings. The van der Waals surface area contributed by atoms with E-state index in [0.717, 1.165) is 18.9 Å². The Kier molecular flexibility index (Phi) is 15.9. The maximum Gasteiger partial charge on any atom is 0.330 e. The van der Waals surface area contributed by atoms with Crippen LogP contribution in [0.25, 0.3) is 0 Å². The van der Waals surface area contributed by atoms with E-state index in [2.05, 4.69) is 13.5 Å². The minimum atomic E-state index is -0.535. The molecule has 0 aliphatic heterocycles. The summed E-state index contributed by atoms with van der Waals surface area (Å²) in [4.78, 5) is 10.8. The van der Waals surface area contributed by atoms with Gasteiger partial charge in [-0.15, -0.1) is 0 Å². The lowest BCUT2D eigenvalue weighted by molar-refractivity contribution is -0.140. The molecule has 1 unspecified atom stereocenters. The lowest BCUT2D eigenvalue weighted by atomic mass is 10.0. The summed E-state index contributed by atoms with van der Waals surface area (Å²) in [6.07, 6.45) is 17.0. The predicted molar refractivity (Wildman–Crippen MR) is 92.9 cm³/mol. The number of aliphatic hydroxyl groups excluding tert-OH is 1. The van der Waals surface area contributed by atoms with Crippen molar-refractivity contribution < 1.29 is 14.6 Å². The van der Waals surface area contributed by atoms with Crippen LogP contribution in [0, 0.1) is 0 Å². The highest BCUT2D eigenvalue weighted by molar-refractivity contribution is 5.81. The molecule has 1 atom stereocenters. The van der Waals surface area contributed by atoms with Crippen LogP contribution in [0.2, 0.25) is 0 Å². The fourth-order valence-corrected chi connectivity index (χ4v) is 2.54. The van der Waals surface area contributed by atoms with Gasteiger partial charge in [0.05, 0.1) is 6.10 Å². The van der Waals surface area contributed by atoms with Crippen LogP contribution >= 0.6 is 0 Å². The molecule has 0 radical (unpaired) electrons. The zero-order chi connectivity index (χ0) is 16.5. The first-order valence-electron chi connectivity index (χ1n) is 9.18. The van der Waals surface area contributed by atoms with E-state index in [4.69, 9.17) is 4.74 Å². The van der Waals surface area contributed by atoms with Gasteiger partial charge in [-0.05, 0) is 6.42 Å². The molecule has 0 aromatic rings. The molecule has 0 aromatic carbocycles. The fraction of sp³-hybridized carbons (Fsp3) is 0.842. The number of hydrogen-bond acceptors (Lipinski definition) is 3. The van der Waals surface area contributed by atoms with Gasteiger partial charge in [0.25, 0.3) is 0 Å². The Labute approximate surface area is 137 Å². The summed E-state index contributed by atoms with van der Waals surface area (Å²) in [7, 11) is 0. The average Bonchev–Trinajstić information content (AvgIpc) is 2.53. The SMILES string of the molecule is C=CC(=O)OCC(O)CCCCCCCCCCCCCC. The van der Waals surface area contributed by atoms with Gasteiger partial charge in [0.2, 0.25) is 0 Å². The minimum Gasteiger partial charge on any atom is -0.460 e.